The second kappa shape index (κ2) is 8.73. The van der Waals surface area contributed by atoms with Gasteiger partial charge in [0.1, 0.15) is 0 Å². The first-order valence-corrected chi connectivity index (χ1v) is 11.4. The van der Waals surface area contributed by atoms with Crippen LogP contribution in [0.2, 0.25) is 5.02 Å². The Morgan fingerprint density at radius 3 is 2.62 bits per heavy atom. The van der Waals surface area contributed by atoms with Crippen LogP contribution in [0.4, 0.5) is 5.69 Å². The third-order valence-corrected chi connectivity index (χ3v) is 6.85. The van der Waals surface area contributed by atoms with Gasteiger partial charge in [0.2, 0.25) is 0 Å². The number of likely N-dealkylation sites (N-methyl/N-ethyl adjacent to an activating group) is 1. The summed E-state index contributed by atoms with van der Waals surface area (Å²) in [6.45, 7) is 4.39. The van der Waals surface area contributed by atoms with Gasteiger partial charge in [-0.3, -0.25) is 14.4 Å². The minimum absolute atomic E-state index is 0.0169. The summed E-state index contributed by atoms with van der Waals surface area (Å²) in [4.78, 5) is 14.9. The lowest BCUT2D eigenvalue weighted by Crippen LogP contribution is -2.41. The Morgan fingerprint density at radius 2 is 1.97 bits per heavy atom. The fraction of sp³-hybridized carbons (Fsp3) is 0.381. The molecule has 1 aliphatic carbocycles. The minimum atomic E-state index is -3.85. The van der Waals surface area contributed by atoms with Gasteiger partial charge in [-0.2, -0.15) is 0 Å². The predicted octanol–water partition coefficient (Wildman–Crippen LogP) is 3.66. The summed E-state index contributed by atoms with van der Waals surface area (Å²) in [7, 11) is -1.80. The van der Waals surface area contributed by atoms with E-state index in [1.54, 1.807) is 18.2 Å². The van der Waals surface area contributed by atoms with Gasteiger partial charge < -0.3 is 5.32 Å². The van der Waals surface area contributed by atoms with Gasteiger partial charge >= 0.3 is 0 Å². The second-order valence-electron chi connectivity index (χ2n) is 7.57. The second-order valence-corrected chi connectivity index (χ2v) is 9.66. The highest BCUT2D eigenvalue weighted by atomic mass is 35.5. The van der Waals surface area contributed by atoms with Crippen LogP contribution in [0.3, 0.4) is 0 Å². The average molecular weight is 436 g/mol. The van der Waals surface area contributed by atoms with Crippen LogP contribution in [0.1, 0.15) is 35.7 Å². The van der Waals surface area contributed by atoms with E-state index in [-0.39, 0.29) is 21.5 Å². The number of halogens is 1. The molecule has 1 atom stereocenters. The molecular weight excluding hydrogens is 410 g/mol. The molecule has 1 amide bonds. The van der Waals surface area contributed by atoms with Gasteiger partial charge in [0.25, 0.3) is 15.9 Å². The predicted molar refractivity (Wildman–Crippen MR) is 116 cm³/mol. The first-order valence-electron chi connectivity index (χ1n) is 9.56. The molecule has 0 aromatic heterocycles. The Balaban J connectivity index is 1.73. The maximum atomic E-state index is 12.7. The van der Waals surface area contributed by atoms with E-state index in [0.717, 1.165) is 5.56 Å². The summed E-state index contributed by atoms with van der Waals surface area (Å²) >= 11 is 6.17. The standard InChI is InChI=1S/C21H26ClN3O3S/c1-14-5-4-6-16(11-14)24-29(27,28)18-9-10-20(22)19(12-18)21(26)23-13-15(2)25(3)17-7-8-17/h4-6,9-12,15,17,24H,7-8,13H2,1-3H3,(H,23,26). The molecule has 0 bridgehead atoms. The van der Waals surface area contributed by atoms with Crippen molar-refractivity contribution in [3.8, 4) is 0 Å². The van der Waals surface area contributed by atoms with Crippen molar-refractivity contribution in [2.45, 2.75) is 43.7 Å². The molecule has 156 valence electrons. The zero-order valence-electron chi connectivity index (χ0n) is 16.8. The van der Waals surface area contributed by atoms with E-state index in [9.17, 15) is 13.2 Å². The molecule has 29 heavy (non-hydrogen) atoms. The average Bonchev–Trinajstić information content (AvgIpc) is 3.50. The lowest BCUT2D eigenvalue weighted by molar-refractivity contribution is 0.0939. The van der Waals surface area contributed by atoms with Gasteiger partial charge in [0, 0.05) is 24.3 Å². The molecule has 2 N–H and O–H groups in total. The van der Waals surface area contributed by atoms with Crippen LogP contribution in [-0.4, -0.2) is 44.9 Å². The van der Waals surface area contributed by atoms with Crippen molar-refractivity contribution in [1.29, 1.82) is 0 Å². The number of rotatable bonds is 8. The van der Waals surface area contributed by atoms with Crippen LogP contribution in [0, 0.1) is 6.92 Å². The quantitative estimate of drug-likeness (QED) is 0.663. The van der Waals surface area contributed by atoms with Crippen LogP contribution in [-0.2, 0) is 10.0 Å². The summed E-state index contributed by atoms with van der Waals surface area (Å²) in [5, 5.41) is 3.07. The SMILES string of the molecule is Cc1cccc(NS(=O)(=O)c2ccc(Cl)c(C(=O)NCC(C)N(C)C3CC3)c2)c1. The molecule has 8 heteroatoms. The molecule has 0 spiro atoms. The fourth-order valence-corrected chi connectivity index (χ4v) is 4.37. The third-order valence-electron chi connectivity index (χ3n) is 5.14. The number of carbonyl (C=O) groups excluding carboxylic acids is 1. The molecule has 1 unspecified atom stereocenters. The van der Waals surface area contributed by atoms with Gasteiger partial charge in [0.05, 0.1) is 15.5 Å². The largest absolute Gasteiger partial charge is 0.350 e. The Kier molecular flexibility index (Phi) is 6.51. The smallest absolute Gasteiger partial charge is 0.261 e. The molecular formula is C21H26ClN3O3S. The highest BCUT2D eigenvalue weighted by Crippen LogP contribution is 2.27. The molecule has 6 nitrogen and oxygen atoms in total. The van der Waals surface area contributed by atoms with E-state index in [0.29, 0.717) is 18.3 Å². The molecule has 0 saturated heterocycles. The zero-order chi connectivity index (χ0) is 21.2. The lowest BCUT2D eigenvalue weighted by atomic mass is 10.2. The maximum Gasteiger partial charge on any atom is 0.261 e. The van der Waals surface area contributed by atoms with E-state index >= 15 is 0 Å². The van der Waals surface area contributed by atoms with Crippen LogP contribution in [0.15, 0.2) is 47.4 Å². The number of nitrogens with one attached hydrogen (secondary N) is 2. The highest BCUT2D eigenvalue weighted by molar-refractivity contribution is 7.92. The number of nitrogens with zero attached hydrogens (tertiary/aromatic N) is 1. The molecule has 0 heterocycles. The van der Waals surface area contributed by atoms with E-state index in [1.807, 2.05) is 27.0 Å². The number of benzene rings is 2. The minimum Gasteiger partial charge on any atom is -0.350 e. The van der Waals surface area contributed by atoms with Crippen molar-refractivity contribution in [1.82, 2.24) is 10.2 Å². The normalized spacial score (nSPS) is 15.2. The summed E-state index contributed by atoms with van der Waals surface area (Å²) in [6.07, 6.45) is 2.38. The Labute approximate surface area is 177 Å². The number of sulfonamides is 1. The van der Waals surface area contributed by atoms with Gasteiger partial charge in [-0.05, 0) is 69.6 Å². The highest BCUT2D eigenvalue weighted by Gasteiger charge is 2.29. The number of carbonyl (C=O) groups is 1. The molecule has 2 aromatic rings. The van der Waals surface area contributed by atoms with E-state index in [4.69, 9.17) is 11.6 Å². The van der Waals surface area contributed by atoms with Crippen molar-refractivity contribution >= 4 is 33.2 Å². The number of aryl methyl sites for hydroxylation is 1. The monoisotopic (exact) mass is 435 g/mol. The molecule has 3 rings (SSSR count). The summed E-state index contributed by atoms with van der Waals surface area (Å²) in [6, 6.07) is 12.0. The van der Waals surface area contributed by atoms with Gasteiger partial charge in [-0.25, -0.2) is 8.42 Å². The van der Waals surface area contributed by atoms with Crippen LogP contribution in [0.25, 0.3) is 0 Å². The van der Waals surface area contributed by atoms with Crippen molar-refractivity contribution in [3.05, 3.63) is 58.6 Å². The van der Waals surface area contributed by atoms with Gasteiger partial charge in [-0.15, -0.1) is 0 Å². The number of hydrogen-bond acceptors (Lipinski definition) is 4. The molecule has 1 aliphatic rings. The number of hydrogen-bond donors (Lipinski definition) is 2. The first kappa shape index (κ1) is 21.6. The molecule has 1 fully saturated rings. The van der Waals surface area contributed by atoms with E-state index < -0.39 is 15.9 Å². The number of amides is 1. The van der Waals surface area contributed by atoms with Crippen LogP contribution >= 0.6 is 11.6 Å². The number of anilines is 1. The van der Waals surface area contributed by atoms with Crippen molar-refractivity contribution in [3.63, 3.8) is 0 Å². The summed E-state index contributed by atoms with van der Waals surface area (Å²) in [5.74, 6) is -0.390. The van der Waals surface area contributed by atoms with Crippen LogP contribution < -0.4 is 10.0 Å². The van der Waals surface area contributed by atoms with Gasteiger partial charge in [0.15, 0.2) is 0 Å². The van der Waals surface area contributed by atoms with Crippen LogP contribution in [0.5, 0.6) is 0 Å². The molecule has 0 radical (unpaired) electrons. The van der Waals surface area contributed by atoms with E-state index in [1.165, 1.54) is 31.0 Å². The lowest BCUT2D eigenvalue weighted by Gasteiger charge is -2.24. The Morgan fingerprint density at radius 1 is 1.24 bits per heavy atom. The molecule has 0 aliphatic heterocycles. The maximum absolute atomic E-state index is 12.7. The van der Waals surface area contributed by atoms with Crippen molar-refractivity contribution < 1.29 is 13.2 Å². The third kappa shape index (κ3) is 5.50. The molecule has 1 saturated carbocycles. The fourth-order valence-electron chi connectivity index (χ4n) is 3.09. The Hall–Kier alpha value is -2.09. The zero-order valence-corrected chi connectivity index (χ0v) is 18.3. The first-order chi connectivity index (χ1) is 13.7. The Bertz CT molecular complexity index is 1010. The van der Waals surface area contributed by atoms with Crippen molar-refractivity contribution in [2.75, 3.05) is 18.3 Å². The topological polar surface area (TPSA) is 78.5 Å². The summed E-state index contributed by atoms with van der Waals surface area (Å²) in [5.41, 5.74) is 1.54. The molecule has 2 aromatic carbocycles. The summed E-state index contributed by atoms with van der Waals surface area (Å²) < 4.78 is 28.0. The van der Waals surface area contributed by atoms with Crippen molar-refractivity contribution in [2.24, 2.45) is 0 Å². The van der Waals surface area contributed by atoms with E-state index in [2.05, 4.69) is 14.9 Å². The van der Waals surface area contributed by atoms with Gasteiger partial charge in [-0.1, -0.05) is 23.7 Å².